The van der Waals surface area contributed by atoms with Gasteiger partial charge in [-0.1, -0.05) is 35.9 Å². The number of rotatable bonds is 10. The Morgan fingerprint density at radius 2 is 1.61 bits per heavy atom. The molecule has 9 nitrogen and oxygen atoms in total. The molecular formula is C21H25N3O6S. The van der Waals surface area contributed by atoms with Crippen LogP contribution in [0.4, 0.5) is 0 Å². The monoisotopic (exact) mass is 447 g/mol. The highest BCUT2D eigenvalue weighted by molar-refractivity contribution is 7.89. The molecule has 2 amide bonds. The van der Waals surface area contributed by atoms with Gasteiger partial charge in [0.1, 0.15) is 6.54 Å². The summed E-state index contributed by atoms with van der Waals surface area (Å²) in [6, 6.07) is 14.4. The van der Waals surface area contributed by atoms with E-state index in [-0.39, 0.29) is 18.0 Å². The van der Waals surface area contributed by atoms with E-state index in [1.807, 2.05) is 6.92 Å². The maximum absolute atomic E-state index is 13.1. The van der Waals surface area contributed by atoms with Gasteiger partial charge in [-0.25, -0.2) is 8.42 Å². The second kappa shape index (κ2) is 11.2. The van der Waals surface area contributed by atoms with Gasteiger partial charge in [0.15, 0.2) is 0 Å². The molecule has 0 spiro atoms. The quantitative estimate of drug-likeness (QED) is 0.415. The third-order valence-corrected chi connectivity index (χ3v) is 5.97. The normalized spacial score (nSPS) is 11.1. The van der Waals surface area contributed by atoms with Crippen LogP contribution in [-0.2, 0) is 24.3 Å². The average Bonchev–Trinajstić information content (AvgIpc) is 2.76. The summed E-state index contributed by atoms with van der Waals surface area (Å²) in [5, 5.41) is 4.83. The van der Waals surface area contributed by atoms with E-state index in [2.05, 4.69) is 10.6 Å². The van der Waals surface area contributed by atoms with E-state index in [1.165, 1.54) is 12.1 Å². The van der Waals surface area contributed by atoms with Crippen molar-refractivity contribution in [2.45, 2.75) is 18.7 Å². The zero-order chi connectivity index (χ0) is 22.9. The van der Waals surface area contributed by atoms with Crippen LogP contribution >= 0.6 is 0 Å². The number of carbonyl (C=O) groups is 3. The Kier molecular flexibility index (Phi) is 8.71. The Labute approximate surface area is 181 Å². The molecule has 2 N–H and O–H groups in total. The van der Waals surface area contributed by atoms with Crippen molar-refractivity contribution in [3.8, 4) is 0 Å². The van der Waals surface area contributed by atoms with Crippen LogP contribution in [0.3, 0.4) is 0 Å². The second-order valence-corrected chi connectivity index (χ2v) is 8.48. The number of ether oxygens (including phenoxy) is 1. The molecule has 166 valence electrons. The number of carbonyl (C=O) groups excluding carboxylic acids is 3. The van der Waals surface area contributed by atoms with Gasteiger partial charge in [-0.05, 0) is 38.1 Å². The minimum atomic E-state index is -4.10. The molecule has 0 saturated carbocycles. The predicted octanol–water partition coefficient (Wildman–Crippen LogP) is 1.05. The summed E-state index contributed by atoms with van der Waals surface area (Å²) in [4.78, 5) is 36.0. The smallest absolute Gasteiger partial charge is 0.325 e. The van der Waals surface area contributed by atoms with Gasteiger partial charge >= 0.3 is 5.97 Å². The minimum absolute atomic E-state index is 0.0229. The zero-order valence-corrected chi connectivity index (χ0v) is 18.1. The van der Waals surface area contributed by atoms with Crippen LogP contribution in [-0.4, -0.2) is 56.9 Å². The lowest BCUT2D eigenvalue weighted by molar-refractivity contribution is -0.143. The number of benzene rings is 2. The molecule has 0 aliphatic heterocycles. The summed E-state index contributed by atoms with van der Waals surface area (Å²) < 4.78 is 31.7. The van der Waals surface area contributed by atoms with Gasteiger partial charge in [-0.3, -0.25) is 14.4 Å². The van der Waals surface area contributed by atoms with Gasteiger partial charge < -0.3 is 15.4 Å². The fourth-order valence-corrected chi connectivity index (χ4v) is 3.84. The molecule has 31 heavy (non-hydrogen) atoms. The topological polar surface area (TPSA) is 122 Å². The van der Waals surface area contributed by atoms with Gasteiger partial charge in [0.05, 0.1) is 24.7 Å². The first-order valence-electron chi connectivity index (χ1n) is 9.56. The molecule has 0 heterocycles. The highest BCUT2D eigenvalue weighted by Gasteiger charge is 2.27. The summed E-state index contributed by atoms with van der Waals surface area (Å²) in [5.41, 5.74) is 1.22. The van der Waals surface area contributed by atoms with Gasteiger partial charge in [0.2, 0.25) is 15.9 Å². The van der Waals surface area contributed by atoms with Crippen LogP contribution in [0.5, 0.6) is 0 Å². The molecule has 0 bridgehead atoms. The third kappa shape index (κ3) is 7.19. The maximum Gasteiger partial charge on any atom is 0.325 e. The van der Waals surface area contributed by atoms with E-state index in [4.69, 9.17) is 4.74 Å². The van der Waals surface area contributed by atoms with Crippen LogP contribution in [0, 0.1) is 6.92 Å². The maximum atomic E-state index is 13.1. The minimum Gasteiger partial charge on any atom is -0.465 e. The van der Waals surface area contributed by atoms with Crippen molar-refractivity contribution in [3.63, 3.8) is 0 Å². The summed E-state index contributed by atoms with van der Waals surface area (Å²) >= 11 is 0. The van der Waals surface area contributed by atoms with Crippen molar-refractivity contribution in [3.05, 3.63) is 65.7 Å². The second-order valence-electron chi connectivity index (χ2n) is 6.54. The average molecular weight is 448 g/mol. The van der Waals surface area contributed by atoms with Crippen LogP contribution in [0.25, 0.3) is 0 Å². The number of amides is 2. The molecular weight excluding hydrogens is 422 g/mol. The standard InChI is InChI=1S/C21H25N3O6S/c1-3-30-20(26)13-22-19(25)14-24(15-23-21(27)17-7-5-4-6-8-17)31(28,29)18-11-9-16(2)10-12-18/h4-12H,3,13-15H2,1-2H3,(H,22,25)(H,23,27). The van der Waals surface area contributed by atoms with Crippen molar-refractivity contribution in [2.75, 3.05) is 26.4 Å². The van der Waals surface area contributed by atoms with E-state index in [0.717, 1.165) is 9.87 Å². The molecule has 0 aliphatic rings. The third-order valence-electron chi connectivity index (χ3n) is 4.17. The molecule has 10 heteroatoms. The molecule has 0 aromatic heterocycles. The number of sulfonamides is 1. The Morgan fingerprint density at radius 3 is 2.23 bits per heavy atom. The van der Waals surface area contributed by atoms with E-state index in [0.29, 0.717) is 5.56 Å². The van der Waals surface area contributed by atoms with E-state index in [1.54, 1.807) is 49.4 Å². The van der Waals surface area contributed by atoms with E-state index in [9.17, 15) is 22.8 Å². The molecule has 0 unspecified atom stereocenters. The first kappa shape index (κ1) is 24.0. The van der Waals surface area contributed by atoms with Gasteiger partial charge in [-0.2, -0.15) is 4.31 Å². The highest BCUT2D eigenvalue weighted by atomic mass is 32.2. The number of aryl methyl sites for hydroxylation is 1. The van der Waals surface area contributed by atoms with Gasteiger partial charge in [-0.15, -0.1) is 0 Å². The summed E-state index contributed by atoms with van der Waals surface area (Å²) in [6.45, 7) is 2.19. The van der Waals surface area contributed by atoms with E-state index < -0.39 is 41.0 Å². The molecule has 0 saturated heterocycles. The van der Waals surface area contributed by atoms with Gasteiger partial charge in [0.25, 0.3) is 5.91 Å². The van der Waals surface area contributed by atoms with Crippen LogP contribution in [0.2, 0.25) is 0 Å². The Balaban J connectivity index is 2.16. The Bertz CT molecular complexity index is 1010. The number of hydrogen-bond donors (Lipinski definition) is 2. The van der Waals surface area contributed by atoms with Crippen LogP contribution < -0.4 is 10.6 Å². The lowest BCUT2D eigenvalue weighted by Gasteiger charge is -2.22. The summed E-state index contributed by atoms with van der Waals surface area (Å²) in [5.74, 6) is -1.84. The van der Waals surface area contributed by atoms with Gasteiger partial charge in [0, 0.05) is 5.56 Å². The molecule has 0 radical (unpaired) electrons. The highest BCUT2D eigenvalue weighted by Crippen LogP contribution is 2.16. The predicted molar refractivity (Wildman–Crippen MR) is 113 cm³/mol. The Hall–Kier alpha value is -3.24. The first-order chi connectivity index (χ1) is 14.7. The molecule has 2 rings (SSSR count). The summed E-state index contributed by atoms with van der Waals surface area (Å²) in [7, 11) is -4.10. The van der Waals surface area contributed by atoms with Crippen molar-refractivity contribution in [2.24, 2.45) is 0 Å². The largest absolute Gasteiger partial charge is 0.465 e. The molecule has 0 aliphatic carbocycles. The van der Waals surface area contributed by atoms with Crippen LogP contribution in [0.1, 0.15) is 22.8 Å². The number of nitrogens with one attached hydrogen (secondary N) is 2. The molecule has 0 atom stereocenters. The van der Waals surface area contributed by atoms with E-state index >= 15 is 0 Å². The first-order valence-corrected chi connectivity index (χ1v) is 11.0. The fraction of sp³-hybridized carbons (Fsp3) is 0.286. The molecule has 2 aromatic carbocycles. The van der Waals surface area contributed by atoms with Crippen LogP contribution in [0.15, 0.2) is 59.5 Å². The number of esters is 1. The number of nitrogens with zero attached hydrogens (tertiary/aromatic N) is 1. The SMILES string of the molecule is CCOC(=O)CNC(=O)CN(CNC(=O)c1ccccc1)S(=O)(=O)c1ccc(C)cc1. The Morgan fingerprint density at radius 1 is 0.968 bits per heavy atom. The van der Waals surface area contributed by atoms with Crippen molar-refractivity contribution in [1.29, 1.82) is 0 Å². The fourth-order valence-electron chi connectivity index (χ4n) is 2.54. The summed E-state index contributed by atoms with van der Waals surface area (Å²) in [6.07, 6.45) is 0. The molecule has 0 fully saturated rings. The van der Waals surface area contributed by atoms with Crippen molar-refractivity contribution >= 4 is 27.8 Å². The molecule has 2 aromatic rings. The number of hydrogen-bond acceptors (Lipinski definition) is 6. The lowest BCUT2D eigenvalue weighted by atomic mass is 10.2. The van der Waals surface area contributed by atoms with Crippen molar-refractivity contribution in [1.82, 2.24) is 14.9 Å². The van der Waals surface area contributed by atoms with Crippen molar-refractivity contribution < 1.29 is 27.5 Å². The zero-order valence-electron chi connectivity index (χ0n) is 17.3. The lowest BCUT2D eigenvalue weighted by Crippen LogP contribution is -2.47.